The van der Waals surface area contributed by atoms with Gasteiger partial charge in [-0.05, 0) is 68.5 Å². The first-order valence-electron chi connectivity index (χ1n) is 10.8. The highest BCUT2D eigenvalue weighted by Gasteiger charge is 2.20. The zero-order valence-electron chi connectivity index (χ0n) is 18.2. The van der Waals surface area contributed by atoms with E-state index in [1.807, 2.05) is 6.07 Å². The van der Waals surface area contributed by atoms with Crippen LogP contribution in [0, 0.1) is 5.92 Å². The predicted molar refractivity (Wildman–Crippen MR) is 129 cm³/mol. The van der Waals surface area contributed by atoms with Gasteiger partial charge in [0.25, 0.3) is 0 Å². The molecule has 1 aromatic heterocycles. The molecule has 1 fully saturated rings. The standard InChI is InChI=1S/C21H23BrN2O.C4H4O4/c22-18-7-8-19-20(23-25-21(19)14-18)9-6-16-10-12-24(13-11-16)15-17-4-2-1-3-5-17;5-3(6)1-2-4(7)8/h1-5,7-8,14,16H,6,9-13,15H2;1-2H,(H,5,6)(H,7,8). The molecule has 2 heterocycles. The third kappa shape index (κ3) is 8.14. The van der Waals surface area contributed by atoms with Crippen molar-refractivity contribution in [3.8, 4) is 0 Å². The molecule has 4 rings (SSSR count). The number of benzene rings is 2. The van der Waals surface area contributed by atoms with E-state index in [9.17, 15) is 9.59 Å². The smallest absolute Gasteiger partial charge is 0.328 e. The Morgan fingerprint density at radius 1 is 1.06 bits per heavy atom. The maximum Gasteiger partial charge on any atom is 0.328 e. The van der Waals surface area contributed by atoms with Crippen molar-refractivity contribution < 1.29 is 24.3 Å². The van der Waals surface area contributed by atoms with Crippen LogP contribution in [0.2, 0.25) is 0 Å². The van der Waals surface area contributed by atoms with Gasteiger partial charge in [0.15, 0.2) is 5.58 Å². The summed E-state index contributed by atoms with van der Waals surface area (Å²) in [5.41, 5.74) is 3.40. The van der Waals surface area contributed by atoms with E-state index in [1.165, 1.54) is 37.9 Å². The molecule has 0 bridgehead atoms. The molecule has 0 saturated carbocycles. The van der Waals surface area contributed by atoms with Gasteiger partial charge in [0, 0.05) is 28.6 Å². The van der Waals surface area contributed by atoms with Gasteiger partial charge in [0.2, 0.25) is 0 Å². The molecule has 0 unspecified atom stereocenters. The van der Waals surface area contributed by atoms with E-state index in [2.05, 4.69) is 68.5 Å². The third-order valence-corrected chi connectivity index (χ3v) is 6.12. The van der Waals surface area contributed by atoms with E-state index < -0.39 is 11.9 Å². The number of carboxylic acid groups (broad SMARTS) is 2. The zero-order valence-corrected chi connectivity index (χ0v) is 19.8. The number of likely N-dealkylation sites (tertiary alicyclic amines) is 1. The van der Waals surface area contributed by atoms with Crippen molar-refractivity contribution >= 4 is 38.8 Å². The first-order valence-corrected chi connectivity index (χ1v) is 11.6. The highest BCUT2D eigenvalue weighted by Crippen LogP contribution is 2.27. The van der Waals surface area contributed by atoms with Crippen LogP contribution in [0.15, 0.2) is 69.7 Å². The quantitative estimate of drug-likeness (QED) is 0.420. The summed E-state index contributed by atoms with van der Waals surface area (Å²) in [6, 6.07) is 16.9. The van der Waals surface area contributed by atoms with Crippen molar-refractivity contribution in [3.63, 3.8) is 0 Å². The molecule has 0 aliphatic carbocycles. The number of hydrogen-bond acceptors (Lipinski definition) is 5. The monoisotopic (exact) mass is 514 g/mol. The molecule has 0 radical (unpaired) electrons. The van der Waals surface area contributed by atoms with E-state index in [0.29, 0.717) is 12.2 Å². The van der Waals surface area contributed by atoms with E-state index in [4.69, 9.17) is 14.7 Å². The number of fused-ring (bicyclic) bond motifs is 1. The molecule has 0 atom stereocenters. The van der Waals surface area contributed by atoms with Gasteiger partial charge in [0.1, 0.15) is 0 Å². The minimum absolute atomic E-state index is 0.558. The summed E-state index contributed by atoms with van der Waals surface area (Å²) in [5, 5.41) is 21.1. The van der Waals surface area contributed by atoms with Gasteiger partial charge >= 0.3 is 11.9 Å². The molecule has 2 N–H and O–H groups in total. The van der Waals surface area contributed by atoms with Crippen LogP contribution in [0.25, 0.3) is 11.0 Å². The largest absolute Gasteiger partial charge is 0.478 e. The van der Waals surface area contributed by atoms with Crippen LogP contribution in [0.5, 0.6) is 0 Å². The minimum atomic E-state index is -1.26. The Morgan fingerprint density at radius 3 is 2.36 bits per heavy atom. The summed E-state index contributed by atoms with van der Waals surface area (Å²) >= 11 is 3.48. The first kappa shape index (κ1) is 24.7. The lowest BCUT2D eigenvalue weighted by molar-refractivity contribution is -0.134. The van der Waals surface area contributed by atoms with Gasteiger partial charge in [0.05, 0.1) is 5.69 Å². The van der Waals surface area contributed by atoms with Gasteiger partial charge in [-0.15, -0.1) is 0 Å². The van der Waals surface area contributed by atoms with Crippen molar-refractivity contribution in [2.45, 2.75) is 32.2 Å². The fourth-order valence-corrected chi connectivity index (χ4v) is 4.24. The maximum absolute atomic E-state index is 9.55. The molecule has 3 aromatic rings. The van der Waals surface area contributed by atoms with Crippen LogP contribution >= 0.6 is 15.9 Å². The fourth-order valence-electron chi connectivity index (χ4n) is 3.90. The van der Waals surface area contributed by atoms with Gasteiger partial charge in [-0.25, -0.2) is 9.59 Å². The van der Waals surface area contributed by atoms with Gasteiger partial charge < -0.3 is 14.7 Å². The second-order valence-corrected chi connectivity index (χ2v) is 8.94. The molecule has 1 aliphatic heterocycles. The highest BCUT2D eigenvalue weighted by molar-refractivity contribution is 9.10. The van der Waals surface area contributed by atoms with Crippen molar-refractivity contribution in [3.05, 3.63) is 76.4 Å². The molecule has 7 nitrogen and oxygen atoms in total. The topological polar surface area (TPSA) is 104 Å². The molecular formula is C25H27BrN2O5. The van der Waals surface area contributed by atoms with Crippen LogP contribution < -0.4 is 0 Å². The summed E-state index contributed by atoms with van der Waals surface area (Å²) in [6.07, 6.45) is 5.90. The van der Waals surface area contributed by atoms with Crippen LogP contribution in [0.3, 0.4) is 0 Å². The van der Waals surface area contributed by atoms with Crippen LogP contribution in [0.1, 0.15) is 30.5 Å². The summed E-state index contributed by atoms with van der Waals surface area (Å²) in [7, 11) is 0. The Morgan fingerprint density at radius 2 is 1.73 bits per heavy atom. The summed E-state index contributed by atoms with van der Waals surface area (Å²) in [5.74, 6) is -1.71. The zero-order chi connectivity index (χ0) is 23.6. The fraction of sp³-hybridized carbons (Fsp3) is 0.320. The van der Waals surface area contributed by atoms with Gasteiger partial charge in [-0.2, -0.15) is 0 Å². The number of piperidine rings is 1. The molecule has 174 valence electrons. The maximum atomic E-state index is 9.55. The summed E-state index contributed by atoms with van der Waals surface area (Å²) < 4.78 is 6.50. The predicted octanol–water partition coefficient (Wildman–Crippen LogP) is 5.15. The molecule has 0 spiro atoms. The lowest BCUT2D eigenvalue weighted by Gasteiger charge is -2.31. The lowest BCUT2D eigenvalue weighted by Crippen LogP contribution is -2.33. The summed E-state index contributed by atoms with van der Waals surface area (Å²) in [6.45, 7) is 3.48. The number of nitrogens with zero attached hydrogens (tertiary/aromatic N) is 2. The number of aromatic nitrogens is 1. The van der Waals surface area contributed by atoms with Crippen molar-refractivity contribution in [1.82, 2.24) is 10.1 Å². The van der Waals surface area contributed by atoms with Crippen molar-refractivity contribution in [1.29, 1.82) is 0 Å². The molecule has 1 saturated heterocycles. The average molecular weight is 515 g/mol. The molecule has 1 aliphatic rings. The Hall–Kier alpha value is -2.97. The molecule has 8 heteroatoms. The number of carboxylic acids is 2. The molecule has 33 heavy (non-hydrogen) atoms. The Kier molecular flexibility index (Phi) is 9.21. The lowest BCUT2D eigenvalue weighted by atomic mass is 9.91. The van der Waals surface area contributed by atoms with E-state index in [0.717, 1.165) is 40.0 Å². The molecule has 2 aromatic carbocycles. The molecular weight excluding hydrogens is 488 g/mol. The van der Waals surface area contributed by atoms with Gasteiger partial charge in [-0.3, -0.25) is 4.90 Å². The minimum Gasteiger partial charge on any atom is -0.478 e. The second-order valence-electron chi connectivity index (χ2n) is 8.02. The Bertz CT molecular complexity index is 1070. The van der Waals surface area contributed by atoms with Crippen molar-refractivity contribution in [2.75, 3.05) is 13.1 Å². The van der Waals surface area contributed by atoms with Crippen LogP contribution in [-0.4, -0.2) is 45.3 Å². The number of aryl methyl sites for hydroxylation is 1. The van der Waals surface area contributed by atoms with E-state index >= 15 is 0 Å². The van der Waals surface area contributed by atoms with E-state index in [-0.39, 0.29) is 0 Å². The van der Waals surface area contributed by atoms with Crippen LogP contribution in [-0.2, 0) is 22.6 Å². The number of rotatable bonds is 7. The Labute approximate surface area is 200 Å². The van der Waals surface area contributed by atoms with Crippen LogP contribution in [0.4, 0.5) is 0 Å². The van der Waals surface area contributed by atoms with E-state index in [1.54, 1.807) is 0 Å². The average Bonchev–Trinajstić information content (AvgIpc) is 3.20. The number of aliphatic carboxylic acids is 2. The number of hydrogen-bond donors (Lipinski definition) is 2. The normalized spacial score (nSPS) is 14.8. The SMILES string of the molecule is Brc1ccc2c(CCC3CCN(Cc4ccccc4)CC3)noc2c1.O=C(O)C=CC(=O)O. The summed E-state index contributed by atoms with van der Waals surface area (Å²) in [4.78, 5) is 21.7. The number of halogens is 1. The van der Waals surface area contributed by atoms with Crippen molar-refractivity contribution in [2.24, 2.45) is 5.92 Å². The van der Waals surface area contributed by atoms with Gasteiger partial charge in [-0.1, -0.05) is 51.4 Å². The Balaban J connectivity index is 0.000000331. The number of carbonyl (C=O) groups is 2. The third-order valence-electron chi connectivity index (χ3n) is 5.62. The first-order chi connectivity index (χ1) is 15.9. The second kappa shape index (κ2) is 12.3. The molecule has 0 amide bonds. The highest BCUT2D eigenvalue weighted by atomic mass is 79.9.